The molecule has 0 N–H and O–H groups in total. The number of rotatable bonds is 2. The minimum absolute atomic E-state index is 0.00160. The van der Waals surface area contributed by atoms with Crippen molar-refractivity contribution in [1.82, 2.24) is 0 Å². The first-order chi connectivity index (χ1) is 5.44. The lowest BCUT2D eigenvalue weighted by Gasteiger charge is -2.41. The molecule has 80 valence electrons. The fourth-order valence-electron chi connectivity index (χ4n) is 0.326. The summed E-state index contributed by atoms with van der Waals surface area (Å²) >= 11 is 31.4. The molecule has 0 atom stereocenters. The molecule has 0 aliphatic carbocycles. The first-order valence-electron chi connectivity index (χ1n) is 2.55. The van der Waals surface area contributed by atoms with Crippen LogP contribution in [0.5, 0.6) is 0 Å². The topological polar surface area (TPSA) is 0 Å². The summed E-state index contributed by atoms with van der Waals surface area (Å²) in [4.78, 5) is 0. The summed E-state index contributed by atoms with van der Waals surface area (Å²) in [6.45, 7) is 0. The van der Waals surface area contributed by atoms with Crippen LogP contribution in [0.25, 0.3) is 0 Å². The highest BCUT2D eigenvalue weighted by molar-refractivity contribution is 9.42. The number of hydrogen-bond acceptors (Lipinski definition) is 0. The van der Waals surface area contributed by atoms with E-state index in [0.29, 0.717) is 0 Å². The summed E-state index contributed by atoms with van der Waals surface area (Å²) in [6.07, 6.45) is 0. The van der Waals surface area contributed by atoms with Crippen molar-refractivity contribution in [2.24, 2.45) is 0 Å². The monoisotopic (exact) mass is 759 g/mol. The van der Waals surface area contributed by atoms with Crippen molar-refractivity contribution in [2.75, 3.05) is 0 Å². The van der Waals surface area contributed by atoms with Gasteiger partial charge in [0.25, 0.3) is 0 Å². The van der Waals surface area contributed by atoms with Crippen LogP contribution in [0, 0.1) is 0 Å². The highest BCUT2D eigenvalue weighted by atomic mass is 80.0. The minimum atomic E-state index is -0.530. The Labute approximate surface area is 153 Å². The number of hydrogen-bond donors (Lipinski definition) is 0. The lowest BCUT2D eigenvalue weighted by Crippen LogP contribution is -2.47. The molecule has 0 saturated carbocycles. The summed E-state index contributed by atoms with van der Waals surface area (Å²) in [7, 11) is 0. The van der Waals surface area contributed by atoms with Crippen LogP contribution in [0.2, 0.25) is 0 Å². The zero-order valence-corrected chi connectivity index (χ0v) is 19.8. The van der Waals surface area contributed by atoms with E-state index < -0.39 is 8.61 Å². The van der Waals surface area contributed by atoms with Crippen LogP contribution in [0.3, 0.4) is 0 Å². The van der Waals surface area contributed by atoms with Gasteiger partial charge in [-0.3, -0.25) is 0 Å². The largest absolute Gasteiger partial charge is 0.162 e. The SMILES string of the molecule is BrC(Br)C(Br)(Br)C(Br)(Br)C(Br)(Br)Br. The van der Waals surface area contributed by atoms with Crippen LogP contribution in [0.15, 0.2) is 0 Å². The molecule has 0 fully saturated rings. The molecule has 0 rings (SSSR count). The second kappa shape index (κ2) is 5.97. The van der Waals surface area contributed by atoms with E-state index in [-0.39, 0.29) is 3.74 Å². The lowest BCUT2D eigenvalue weighted by molar-refractivity contribution is 0.848. The molecule has 0 aromatic rings. The maximum atomic E-state index is 3.55. The first-order valence-corrected chi connectivity index (χ1v) is 9.93. The molecule has 0 amide bonds. The Kier molecular flexibility index (Phi) is 7.96. The summed E-state index contributed by atoms with van der Waals surface area (Å²) in [5.74, 6) is 0. The van der Waals surface area contributed by atoms with Crippen molar-refractivity contribution in [3.8, 4) is 0 Å². The van der Waals surface area contributed by atoms with Crippen molar-refractivity contribution in [3.63, 3.8) is 0 Å². The number of halogens is 9. The Bertz CT molecular complexity index is 177. The van der Waals surface area contributed by atoms with Crippen LogP contribution in [0.1, 0.15) is 0 Å². The van der Waals surface area contributed by atoms with Crippen LogP contribution < -0.4 is 0 Å². The average Bonchev–Trinajstić information content (AvgIpc) is 1.84. The maximum Gasteiger partial charge on any atom is 0.162 e. The molecule has 0 nitrogen and oxygen atoms in total. The summed E-state index contributed by atoms with van der Waals surface area (Å²) < 4.78 is -1.52. The fourth-order valence-corrected chi connectivity index (χ4v) is 5.83. The third-order valence-electron chi connectivity index (χ3n) is 1.05. The molecule has 13 heavy (non-hydrogen) atoms. The van der Waals surface area contributed by atoms with Gasteiger partial charge in [0.2, 0.25) is 0 Å². The molecule has 0 aliphatic rings. The Hall–Kier alpha value is 4.32. The van der Waals surface area contributed by atoms with Crippen molar-refractivity contribution >= 4 is 143 Å². The van der Waals surface area contributed by atoms with Gasteiger partial charge in [0, 0.05) is 0 Å². The molecule has 0 heterocycles. The average molecular weight is 768 g/mol. The Morgan fingerprint density at radius 1 is 0.692 bits per heavy atom. The molecule has 0 bridgehead atoms. The van der Waals surface area contributed by atoms with Crippen LogP contribution in [-0.4, -0.2) is 12.3 Å². The van der Waals surface area contributed by atoms with Gasteiger partial charge in [0.05, 0.1) is 3.74 Å². The van der Waals surface area contributed by atoms with E-state index >= 15 is 0 Å². The van der Waals surface area contributed by atoms with Crippen molar-refractivity contribution < 1.29 is 0 Å². The summed E-state index contributed by atoms with van der Waals surface area (Å²) in [6, 6.07) is 0. The molecule has 0 aromatic carbocycles. The molecule has 0 radical (unpaired) electrons. The lowest BCUT2D eigenvalue weighted by atomic mass is 10.4. The molecule has 0 aromatic heterocycles. The van der Waals surface area contributed by atoms with Crippen LogP contribution in [-0.2, 0) is 0 Å². The van der Waals surface area contributed by atoms with Crippen molar-refractivity contribution in [1.29, 1.82) is 0 Å². The predicted octanol–water partition coefficient (Wildman–Crippen LogP) is 6.91. The molecular formula is C4HBr9. The first kappa shape index (κ1) is 17.3. The van der Waals surface area contributed by atoms with Gasteiger partial charge in [-0.2, -0.15) is 0 Å². The van der Waals surface area contributed by atoms with Crippen molar-refractivity contribution in [3.05, 3.63) is 0 Å². The minimum Gasteiger partial charge on any atom is -0.0739 e. The van der Waals surface area contributed by atoms with E-state index in [4.69, 9.17) is 0 Å². The van der Waals surface area contributed by atoms with Gasteiger partial charge in [0.1, 0.15) is 6.47 Å². The third-order valence-corrected chi connectivity index (χ3v) is 16.5. The molecular weight excluding hydrogens is 767 g/mol. The molecule has 0 unspecified atom stereocenters. The molecule has 0 spiro atoms. The quantitative estimate of drug-likeness (QED) is 0.268. The van der Waals surface area contributed by atoms with Gasteiger partial charge in [-0.25, -0.2) is 0 Å². The summed E-state index contributed by atoms with van der Waals surface area (Å²) in [5, 5.41) is 0. The van der Waals surface area contributed by atoms with E-state index in [0.717, 1.165) is 0 Å². The van der Waals surface area contributed by atoms with E-state index in [1.165, 1.54) is 0 Å². The normalized spacial score (nSPS) is 15.2. The second-order valence-corrected chi connectivity index (χ2v) is 18.8. The predicted molar refractivity (Wildman–Crippen MR) is 92.3 cm³/mol. The second-order valence-electron chi connectivity index (χ2n) is 2.00. The maximum absolute atomic E-state index is 3.55. The molecule has 0 aliphatic heterocycles. The third kappa shape index (κ3) is 4.17. The smallest absolute Gasteiger partial charge is 0.0739 e. The Morgan fingerprint density at radius 3 is 1.08 bits per heavy atom. The highest BCUT2D eigenvalue weighted by Gasteiger charge is 2.58. The van der Waals surface area contributed by atoms with Gasteiger partial charge in [0.15, 0.2) is 2.14 Å². The highest BCUT2D eigenvalue weighted by Crippen LogP contribution is 2.65. The van der Waals surface area contributed by atoms with Crippen LogP contribution >= 0.6 is 143 Å². The van der Waals surface area contributed by atoms with Crippen molar-refractivity contribution in [2.45, 2.75) is 12.3 Å². The Morgan fingerprint density at radius 2 is 1.00 bits per heavy atom. The standard InChI is InChI=1S/C4HBr9/c5-1(6)2(7,8)3(9,10)4(11,12)13/h1H. The molecule has 0 saturated heterocycles. The zero-order valence-electron chi connectivity index (χ0n) is 5.48. The fraction of sp³-hybridized carbons (Fsp3) is 1.00. The van der Waals surface area contributed by atoms with E-state index in [1.807, 2.05) is 0 Å². The zero-order chi connectivity index (χ0) is 11.1. The molecule has 9 heteroatoms. The van der Waals surface area contributed by atoms with Gasteiger partial charge in [-0.15, -0.1) is 0 Å². The van der Waals surface area contributed by atoms with E-state index in [1.54, 1.807) is 0 Å². The number of alkyl halides is 9. The van der Waals surface area contributed by atoms with Gasteiger partial charge < -0.3 is 0 Å². The van der Waals surface area contributed by atoms with E-state index in [2.05, 4.69) is 143 Å². The van der Waals surface area contributed by atoms with Gasteiger partial charge in [-0.1, -0.05) is 143 Å². The van der Waals surface area contributed by atoms with E-state index in [9.17, 15) is 0 Å². The van der Waals surface area contributed by atoms with Gasteiger partial charge in [-0.05, 0) is 0 Å². The van der Waals surface area contributed by atoms with Gasteiger partial charge >= 0.3 is 0 Å². The summed E-state index contributed by atoms with van der Waals surface area (Å²) in [5.41, 5.74) is 0. The van der Waals surface area contributed by atoms with Crippen LogP contribution in [0.4, 0.5) is 0 Å². The Balaban J connectivity index is 5.04.